The van der Waals surface area contributed by atoms with Crippen LogP contribution in [-0.4, -0.2) is 42.3 Å². The number of allylic oxidation sites excluding steroid dienone is 1. The Labute approximate surface area is 222 Å². The van der Waals surface area contributed by atoms with E-state index in [1.807, 2.05) is 24.3 Å². The van der Waals surface area contributed by atoms with Crippen molar-refractivity contribution in [1.29, 1.82) is 0 Å². The molecule has 3 aromatic carbocycles. The third kappa shape index (κ3) is 5.41. The van der Waals surface area contributed by atoms with Gasteiger partial charge in [-0.2, -0.15) is 0 Å². The Morgan fingerprint density at radius 2 is 1.84 bits per heavy atom. The molecule has 0 radical (unpaired) electrons. The average molecular weight is 516 g/mol. The van der Waals surface area contributed by atoms with Crippen LogP contribution in [0.4, 0.5) is 4.39 Å². The zero-order chi connectivity index (χ0) is 25.9. The van der Waals surface area contributed by atoms with Gasteiger partial charge in [0.05, 0.1) is 12.2 Å². The van der Waals surface area contributed by atoms with Crippen LogP contribution >= 0.6 is 11.6 Å². The molecule has 5 rings (SSSR count). The number of carboxylic acid groups (broad SMARTS) is 1. The third-order valence-electron chi connectivity index (χ3n) is 7.42. The van der Waals surface area contributed by atoms with E-state index in [9.17, 15) is 14.3 Å². The van der Waals surface area contributed by atoms with Gasteiger partial charge in [0.15, 0.2) is 0 Å². The number of halogens is 2. The van der Waals surface area contributed by atoms with Gasteiger partial charge in [-0.15, -0.1) is 0 Å². The zero-order valence-electron chi connectivity index (χ0n) is 21.1. The number of aryl methyl sites for hydroxylation is 1. The Bertz CT molecular complexity index is 1380. The lowest BCUT2D eigenvalue weighted by molar-refractivity contribution is 0.0696. The molecular weight excluding hydrogens is 485 g/mol. The molecule has 0 bridgehead atoms. The minimum atomic E-state index is -0.903. The monoisotopic (exact) mass is 515 g/mol. The first kappa shape index (κ1) is 25.4. The first-order valence-corrected chi connectivity index (χ1v) is 13.3. The number of nitrogens with zero attached hydrogens (tertiary/aromatic N) is 1. The predicted octanol–water partition coefficient (Wildman–Crippen LogP) is 7.70. The molecule has 1 fully saturated rings. The maximum Gasteiger partial charge on any atom is 0.335 e. The van der Waals surface area contributed by atoms with E-state index < -0.39 is 5.97 Å². The number of alkyl halides is 1. The van der Waals surface area contributed by atoms with Crippen molar-refractivity contribution in [2.45, 2.75) is 32.6 Å². The van der Waals surface area contributed by atoms with E-state index >= 15 is 0 Å². The van der Waals surface area contributed by atoms with E-state index in [0.717, 1.165) is 82.9 Å². The second-order valence-electron chi connectivity index (χ2n) is 9.97. The molecule has 1 aliphatic heterocycles. The fourth-order valence-corrected chi connectivity index (χ4v) is 5.67. The van der Waals surface area contributed by atoms with Gasteiger partial charge in [0.2, 0.25) is 0 Å². The second kappa shape index (κ2) is 11.0. The van der Waals surface area contributed by atoms with Crippen molar-refractivity contribution < 1.29 is 14.3 Å². The van der Waals surface area contributed by atoms with Crippen molar-refractivity contribution in [3.05, 3.63) is 110 Å². The van der Waals surface area contributed by atoms with Gasteiger partial charge < -0.3 is 5.11 Å². The van der Waals surface area contributed by atoms with Crippen LogP contribution in [0.2, 0.25) is 5.02 Å². The molecule has 5 heteroatoms. The van der Waals surface area contributed by atoms with Crippen LogP contribution in [0.3, 0.4) is 0 Å². The van der Waals surface area contributed by atoms with Gasteiger partial charge in [0.1, 0.15) is 0 Å². The van der Waals surface area contributed by atoms with Crippen molar-refractivity contribution in [2.24, 2.45) is 0 Å². The van der Waals surface area contributed by atoms with Gasteiger partial charge in [0, 0.05) is 24.7 Å². The van der Waals surface area contributed by atoms with Crippen LogP contribution in [0.25, 0.3) is 17.2 Å². The first-order chi connectivity index (χ1) is 17.9. The van der Waals surface area contributed by atoms with E-state index in [4.69, 9.17) is 11.6 Å². The molecule has 190 valence electrons. The van der Waals surface area contributed by atoms with Crippen molar-refractivity contribution in [1.82, 2.24) is 4.90 Å². The van der Waals surface area contributed by atoms with Crippen molar-refractivity contribution in [3.8, 4) is 0 Å². The molecule has 1 saturated heterocycles. The Kier molecular flexibility index (Phi) is 7.59. The maximum atomic E-state index is 12.4. The number of rotatable bonds is 7. The molecule has 37 heavy (non-hydrogen) atoms. The third-order valence-corrected chi connectivity index (χ3v) is 7.83. The quantitative estimate of drug-likeness (QED) is 0.350. The van der Waals surface area contributed by atoms with E-state index in [2.05, 4.69) is 48.2 Å². The average Bonchev–Trinajstić information content (AvgIpc) is 3.06. The normalized spacial score (nSPS) is 15.7. The van der Waals surface area contributed by atoms with E-state index in [-0.39, 0.29) is 6.67 Å². The van der Waals surface area contributed by atoms with Gasteiger partial charge in [0.25, 0.3) is 0 Å². The number of carbonyl (C=O) groups is 1. The summed E-state index contributed by atoms with van der Waals surface area (Å²) in [4.78, 5) is 13.9. The van der Waals surface area contributed by atoms with Gasteiger partial charge >= 0.3 is 5.97 Å². The highest BCUT2D eigenvalue weighted by Gasteiger charge is 2.23. The van der Waals surface area contributed by atoms with Crippen LogP contribution in [0, 0.1) is 6.92 Å². The fraction of sp³-hybridized carbons (Fsp3) is 0.281. The van der Waals surface area contributed by atoms with Crippen molar-refractivity contribution in [3.63, 3.8) is 0 Å². The predicted molar refractivity (Wildman–Crippen MR) is 150 cm³/mol. The maximum absolute atomic E-state index is 12.4. The summed E-state index contributed by atoms with van der Waals surface area (Å²) in [6.45, 7) is 4.43. The van der Waals surface area contributed by atoms with Crippen LogP contribution in [0.5, 0.6) is 0 Å². The molecule has 0 atom stereocenters. The molecule has 2 aliphatic rings. The molecule has 1 N–H and O–H groups in total. The summed E-state index contributed by atoms with van der Waals surface area (Å²) in [7, 11) is 0. The summed E-state index contributed by atoms with van der Waals surface area (Å²) in [5, 5.41) is 10.3. The number of fused-ring (bicyclic) bond motifs is 1. The highest BCUT2D eigenvalue weighted by molar-refractivity contribution is 6.31. The summed E-state index contributed by atoms with van der Waals surface area (Å²) >= 11 is 6.53. The SMILES string of the molecule is Cc1c(Cl)cccc1C1=C(c2ccc(C=C3CN(CCCF)C3)cc2)c2ccc(C(=O)O)cc2CCC1. The molecule has 0 spiro atoms. The number of carboxylic acids is 1. The van der Waals surface area contributed by atoms with Gasteiger partial charge in [-0.3, -0.25) is 9.29 Å². The van der Waals surface area contributed by atoms with E-state index in [1.54, 1.807) is 6.07 Å². The Morgan fingerprint density at radius 1 is 1.05 bits per heavy atom. The molecule has 0 saturated carbocycles. The number of likely N-dealkylation sites (tertiary alicyclic amines) is 1. The lowest BCUT2D eigenvalue weighted by atomic mass is 9.86. The molecular formula is C32H31ClFNO2. The summed E-state index contributed by atoms with van der Waals surface area (Å²) in [5.41, 5.74) is 10.7. The van der Waals surface area contributed by atoms with E-state index in [1.165, 1.54) is 11.1 Å². The highest BCUT2D eigenvalue weighted by Crippen LogP contribution is 2.42. The second-order valence-corrected chi connectivity index (χ2v) is 10.4. The lowest BCUT2D eigenvalue weighted by Gasteiger charge is -2.33. The molecule has 0 unspecified atom stereocenters. The molecule has 0 aromatic heterocycles. The van der Waals surface area contributed by atoms with E-state index in [0.29, 0.717) is 12.0 Å². The van der Waals surface area contributed by atoms with Crippen LogP contribution < -0.4 is 0 Å². The van der Waals surface area contributed by atoms with Crippen molar-refractivity contribution in [2.75, 3.05) is 26.3 Å². The van der Waals surface area contributed by atoms with Crippen LogP contribution in [-0.2, 0) is 6.42 Å². The Hall–Kier alpha value is -3.21. The Morgan fingerprint density at radius 3 is 2.57 bits per heavy atom. The summed E-state index contributed by atoms with van der Waals surface area (Å²) < 4.78 is 12.4. The minimum absolute atomic E-state index is 0.260. The summed E-state index contributed by atoms with van der Waals surface area (Å²) in [5.74, 6) is -0.903. The highest BCUT2D eigenvalue weighted by atomic mass is 35.5. The summed E-state index contributed by atoms with van der Waals surface area (Å²) in [6.07, 6.45) is 5.47. The largest absolute Gasteiger partial charge is 0.478 e. The van der Waals surface area contributed by atoms with Gasteiger partial charge in [-0.1, -0.05) is 60.1 Å². The summed E-state index contributed by atoms with van der Waals surface area (Å²) in [6, 6.07) is 20.2. The van der Waals surface area contributed by atoms with Crippen LogP contribution in [0.1, 0.15) is 63.0 Å². The Balaban J connectivity index is 1.56. The number of benzene rings is 3. The fourth-order valence-electron chi connectivity index (χ4n) is 5.50. The molecule has 3 nitrogen and oxygen atoms in total. The smallest absolute Gasteiger partial charge is 0.335 e. The van der Waals surface area contributed by atoms with Crippen LogP contribution in [0.15, 0.2) is 66.2 Å². The van der Waals surface area contributed by atoms with Gasteiger partial charge in [-0.05, 0) is 101 Å². The number of hydrogen-bond acceptors (Lipinski definition) is 2. The molecule has 0 amide bonds. The topological polar surface area (TPSA) is 40.5 Å². The van der Waals surface area contributed by atoms with Crippen molar-refractivity contribution >= 4 is 34.8 Å². The minimum Gasteiger partial charge on any atom is -0.478 e. The van der Waals surface area contributed by atoms with Gasteiger partial charge in [-0.25, -0.2) is 4.79 Å². The lowest BCUT2D eigenvalue weighted by Crippen LogP contribution is -2.40. The number of aromatic carboxylic acids is 1. The number of hydrogen-bond donors (Lipinski definition) is 1. The zero-order valence-corrected chi connectivity index (χ0v) is 21.8. The first-order valence-electron chi connectivity index (χ1n) is 12.9. The standard InChI is InChI=1S/C32H31ClFNO2/c1-21-27(6-3-8-30(21)33)29-7-2-5-25-18-26(32(36)37)13-14-28(25)31(29)24-11-9-22(10-12-24)17-23-19-35(20-23)16-4-15-34/h3,6,8-14,17-18H,2,4-5,7,15-16,19-20H2,1H3,(H,36,37). The molecule has 1 heterocycles. The molecule has 3 aromatic rings. The molecule has 1 aliphatic carbocycles.